The second-order valence-corrected chi connectivity index (χ2v) is 9.19. The molecule has 4 rings (SSSR count). The zero-order valence-corrected chi connectivity index (χ0v) is 18.6. The first kappa shape index (κ1) is 21.8. The number of ether oxygens (including phenoxy) is 1. The summed E-state index contributed by atoms with van der Waals surface area (Å²) < 4.78 is 6.03. The van der Waals surface area contributed by atoms with Gasteiger partial charge in [-0.1, -0.05) is 51.3 Å². The molecule has 2 fully saturated rings. The maximum atomic E-state index is 13.1. The lowest BCUT2D eigenvalue weighted by molar-refractivity contribution is -0.144. The first-order valence-electron chi connectivity index (χ1n) is 11.6. The Morgan fingerprint density at radius 2 is 1.97 bits per heavy atom. The third-order valence-electron chi connectivity index (χ3n) is 6.31. The molecule has 2 aromatic rings. The van der Waals surface area contributed by atoms with Gasteiger partial charge in [-0.2, -0.15) is 0 Å². The molecule has 1 aliphatic carbocycles. The predicted molar refractivity (Wildman–Crippen MR) is 121 cm³/mol. The van der Waals surface area contributed by atoms with Gasteiger partial charge in [0.2, 0.25) is 5.91 Å². The first-order valence-corrected chi connectivity index (χ1v) is 11.6. The Kier molecular flexibility index (Phi) is 6.86. The molecule has 1 aromatic carbocycles. The SMILES string of the molecule is CC(C)CNC(=O)c1cc(C2CN(C(=O)C3CCCCC3)CCO2)nc2ccccc12. The molecular formula is C25H33N3O3. The maximum Gasteiger partial charge on any atom is 0.252 e. The number of morpholine rings is 1. The van der Waals surface area contributed by atoms with Crippen LogP contribution in [-0.2, 0) is 9.53 Å². The van der Waals surface area contributed by atoms with Crippen molar-refractivity contribution < 1.29 is 14.3 Å². The van der Waals surface area contributed by atoms with Crippen LogP contribution in [0.4, 0.5) is 0 Å². The van der Waals surface area contributed by atoms with Crippen molar-refractivity contribution in [2.45, 2.75) is 52.1 Å². The summed E-state index contributed by atoms with van der Waals surface area (Å²) in [6, 6.07) is 9.54. The van der Waals surface area contributed by atoms with Gasteiger partial charge >= 0.3 is 0 Å². The second-order valence-electron chi connectivity index (χ2n) is 9.19. The summed E-state index contributed by atoms with van der Waals surface area (Å²) in [6.45, 7) is 6.38. The minimum absolute atomic E-state index is 0.0977. The summed E-state index contributed by atoms with van der Waals surface area (Å²) in [6.07, 6.45) is 5.20. The monoisotopic (exact) mass is 423 g/mol. The fraction of sp³-hybridized carbons (Fsp3) is 0.560. The number of benzene rings is 1. The van der Waals surface area contributed by atoms with Crippen LogP contribution in [0.3, 0.4) is 0 Å². The number of fused-ring (bicyclic) bond motifs is 1. The lowest BCUT2D eigenvalue weighted by Crippen LogP contribution is -2.45. The van der Waals surface area contributed by atoms with Gasteiger partial charge in [0.25, 0.3) is 5.91 Å². The van der Waals surface area contributed by atoms with Gasteiger partial charge in [0.05, 0.1) is 29.9 Å². The van der Waals surface area contributed by atoms with Crippen molar-refractivity contribution in [1.29, 1.82) is 0 Å². The summed E-state index contributed by atoms with van der Waals surface area (Å²) in [5.41, 5.74) is 2.10. The molecular weight excluding hydrogens is 390 g/mol. The lowest BCUT2D eigenvalue weighted by Gasteiger charge is -2.36. The van der Waals surface area contributed by atoms with E-state index in [1.54, 1.807) is 0 Å². The zero-order valence-electron chi connectivity index (χ0n) is 18.6. The van der Waals surface area contributed by atoms with Crippen molar-refractivity contribution in [2.24, 2.45) is 11.8 Å². The molecule has 1 saturated carbocycles. The minimum Gasteiger partial charge on any atom is -0.368 e. The largest absolute Gasteiger partial charge is 0.368 e. The number of rotatable bonds is 5. The Morgan fingerprint density at radius 1 is 1.19 bits per heavy atom. The quantitative estimate of drug-likeness (QED) is 0.786. The normalized spacial score (nSPS) is 20.2. The van der Waals surface area contributed by atoms with E-state index >= 15 is 0 Å². The van der Waals surface area contributed by atoms with Crippen LogP contribution in [0.15, 0.2) is 30.3 Å². The summed E-state index contributed by atoms with van der Waals surface area (Å²) in [4.78, 5) is 32.7. The molecule has 1 aliphatic heterocycles. The molecule has 0 spiro atoms. The number of nitrogens with zero attached hydrogens (tertiary/aromatic N) is 2. The summed E-state index contributed by atoms with van der Waals surface area (Å²) in [7, 11) is 0. The highest BCUT2D eigenvalue weighted by Gasteiger charge is 2.31. The van der Waals surface area contributed by atoms with E-state index < -0.39 is 0 Å². The van der Waals surface area contributed by atoms with E-state index in [0.29, 0.717) is 37.7 Å². The molecule has 166 valence electrons. The Balaban J connectivity index is 1.58. The van der Waals surface area contributed by atoms with E-state index in [2.05, 4.69) is 19.2 Å². The third kappa shape index (κ3) is 5.06. The van der Waals surface area contributed by atoms with Gasteiger partial charge in [0.1, 0.15) is 6.10 Å². The van der Waals surface area contributed by atoms with E-state index in [-0.39, 0.29) is 23.8 Å². The number of para-hydroxylation sites is 1. The highest BCUT2D eigenvalue weighted by atomic mass is 16.5. The van der Waals surface area contributed by atoms with Gasteiger partial charge in [-0.25, -0.2) is 4.98 Å². The first-order chi connectivity index (χ1) is 15.0. The Morgan fingerprint density at radius 3 is 2.74 bits per heavy atom. The number of aromatic nitrogens is 1. The summed E-state index contributed by atoms with van der Waals surface area (Å²) in [5.74, 6) is 0.676. The van der Waals surface area contributed by atoms with Crippen molar-refractivity contribution in [3.8, 4) is 0 Å². The Hall–Kier alpha value is -2.47. The molecule has 1 unspecified atom stereocenters. The number of carbonyl (C=O) groups is 2. The minimum atomic E-state index is -0.317. The van der Waals surface area contributed by atoms with Crippen molar-refractivity contribution in [3.63, 3.8) is 0 Å². The van der Waals surface area contributed by atoms with Gasteiger partial charge in [-0.05, 0) is 30.9 Å². The molecule has 31 heavy (non-hydrogen) atoms. The highest BCUT2D eigenvalue weighted by Crippen LogP contribution is 2.30. The van der Waals surface area contributed by atoms with Gasteiger partial charge in [-0.15, -0.1) is 0 Å². The van der Waals surface area contributed by atoms with Crippen molar-refractivity contribution in [3.05, 3.63) is 41.6 Å². The molecule has 2 amide bonds. The summed E-state index contributed by atoms with van der Waals surface area (Å²) >= 11 is 0. The second kappa shape index (κ2) is 9.77. The van der Waals surface area contributed by atoms with Crippen molar-refractivity contribution in [1.82, 2.24) is 15.2 Å². The maximum absolute atomic E-state index is 13.1. The number of amides is 2. The molecule has 1 atom stereocenters. The number of hydrogen-bond acceptors (Lipinski definition) is 4. The number of pyridine rings is 1. The van der Waals surface area contributed by atoms with Crippen LogP contribution in [0, 0.1) is 11.8 Å². The van der Waals surface area contributed by atoms with Crippen LogP contribution in [0.2, 0.25) is 0 Å². The van der Waals surface area contributed by atoms with E-state index in [0.717, 1.165) is 42.3 Å². The van der Waals surface area contributed by atoms with E-state index in [1.807, 2.05) is 35.2 Å². The Bertz CT molecular complexity index is 937. The molecule has 2 aliphatic rings. The zero-order chi connectivity index (χ0) is 21.8. The van der Waals surface area contributed by atoms with Gasteiger partial charge in [0.15, 0.2) is 0 Å². The highest BCUT2D eigenvalue weighted by molar-refractivity contribution is 6.06. The standard InChI is InChI=1S/C25H33N3O3/c1-17(2)15-26-24(29)20-14-22(27-21-11-7-6-10-19(20)21)23-16-28(12-13-31-23)25(30)18-8-4-3-5-9-18/h6-7,10-11,14,17-18,23H,3-5,8-9,12-13,15-16H2,1-2H3,(H,26,29). The van der Waals surface area contributed by atoms with Crippen molar-refractivity contribution >= 4 is 22.7 Å². The number of carbonyl (C=O) groups excluding carboxylic acids is 2. The average Bonchev–Trinajstić information content (AvgIpc) is 2.82. The lowest BCUT2D eigenvalue weighted by atomic mass is 9.88. The van der Waals surface area contributed by atoms with Gasteiger partial charge < -0.3 is 15.0 Å². The number of nitrogens with one attached hydrogen (secondary N) is 1. The molecule has 0 radical (unpaired) electrons. The van der Waals surface area contributed by atoms with Gasteiger partial charge in [0, 0.05) is 24.4 Å². The Labute approximate surface area is 184 Å². The van der Waals surface area contributed by atoms with E-state index in [9.17, 15) is 9.59 Å². The molecule has 2 heterocycles. The van der Waals surface area contributed by atoms with Gasteiger partial charge in [-0.3, -0.25) is 9.59 Å². The third-order valence-corrected chi connectivity index (χ3v) is 6.31. The fourth-order valence-electron chi connectivity index (χ4n) is 4.58. The van der Waals surface area contributed by atoms with E-state index in [4.69, 9.17) is 9.72 Å². The van der Waals surface area contributed by atoms with Crippen LogP contribution in [0.1, 0.15) is 68.1 Å². The van der Waals surface area contributed by atoms with Crippen LogP contribution in [0.25, 0.3) is 10.9 Å². The predicted octanol–water partition coefficient (Wildman–Crippen LogP) is 4.10. The fourth-order valence-corrected chi connectivity index (χ4v) is 4.58. The van der Waals surface area contributed by atoms with Crippen LogP contribution in [-0.4, -0.2) is 47.9 Å². The molecule has 6 heteroatoms. The number of hydrogen-bond donors (Lipinski definition) is 1. The van der Waals surface area contributed by atoms with Crippen molar-refractivity contribution in [2.75, 3.05) is 26.2 Å². The van der Waals surface area contributed by atoms with Crippen LogP contribution in [0.5, 0.6) is 0 Å². The van der Waals surface area contributed by atoms with E-state index in [1.165, 1.54) is 6.42 Å². The molecule has 1 aromatic heterocycles. The molecule has 6 nitrogen and oxygen atoms in total. The topological polar surface area (TPSA) is 71.5 Å². The average molecular weight is 424 g/mol. The molecule has 1 N–H and O–H groups in total. The summed E-state index contributed by atoms with van der Waals surface area (Å²) in [5, 5.41) is 3.85. The smallest absolute Gasteiger partial charge is 0.252 e. The molecule has 0 bridgehead atoms. The van der Waals surface area contributed by atoms with Crippen LogP contribution < -0.4 is 5.32 Å². The van der Waals surface area contributed by atoms with Crippen LogP contribution >= 0.6 is 0 Å². The molecule has 1 saturated heterocycles.